The van der Waals surface area contributed by atoms with Gasteiger partial charge in [0.15, 0.2) is 0 Å². The van der Waals surface area contributed by atoms with Crippen LogP contribution in [0.25, 0.3) is 0 Å². The predicted molar refractivity (Wildman–Crippen MR) is 116 cm³/mol. The highest BCUT2D eigenvalue weighted by Crippen LogP contribution is 2.46. The van der Waals surface area contributed by atoms with Crippen molar-refractivity contribution >= 4 is 11.4 Å². The van der Waals surface area contributed by atoms with E-state index in [0.29, 0.717) is 13.2 Å². The maximum atomic E-state index is 5.79. The lowest BCUT2D eigenvalue weighted by Gasteiger charge is -2.18. The quantitative estimate of drug-likeness (QED) is 0.664. The van der Waals surface area contributed by atoms with Crippen molar-refractivity contribution in [3.05, 3.63) is 46.6 Å². The summed E-state index contributed by atoms with van der Waals surface area (Å²) < 4.78 is 0. The summed E-state index contributed by atoms with van der Waals surface area (Å²) in [4.78, 5) is 29.3. The molecule has 0 atom stereocenters. The molecule has 0 amide bonds. The van der Waals surface area contributed by atoms with Gasteiger partial charge in [-0.25, -0.2) is 19.9 Å². The van der Waals surface area contributed by atoms with Gasteiger partial charge in [-0.05, 0) is 76.3 Å². The molecule has 2 heterocycles. The van der Waals surface area contributed by atoms with Crippen LogP contribution in [0.5, 0.6) is 0 Å². The number of aromatic nitrogens is 4. The summed E-state index contributed by atoms with van der Waals surface area (Å²) in [5.74, 6) is 1.54. The Morgan fingerprint density at radius 2 is 1.26 bits per heavy atom. The molecule has 8 heteroatoms. The molecule has 5 rings (SSSR count). The minimum atomic E-state index is 0.00624. The lowest BCUT2D eigenvalue weighted by molar-refractivity contribution is 0.0316. The number of nitrogens with zero attached hydrogens (tertiary/aromatic N) is 6. The first-order valence-electron chi connectivity index (χ1n) is 11.2. The molecule has 1 saturated carbocycles. The van der Waals surface area contributed by atoms with E-state index in [1.807, 2.05) is 26.2 Å². The molecule has 0 aromatic carbocycles. The lowest BCUT2D eigenvalue weighted by atomic mass is 9.96. The van der Waals surface area contributed by atoms with Crippen LogP contribution < -0.4 is 0 Å². The molecule has 0 N–H and O–H groups in total. The maximum Gasteiger partial charge on any atom is 0.126 e. The smallest absolute Gasteiger partial charge is 0.126 e. The molecule has 2 aromatic rings. The fourth-order valence-corrected chi connectivity index (χ4v) is 4.16. The van der Waals surface area contributed by atoms with Crippen molar-refractivity contribution in [2.45, 2.75) is 65.2 Å². The van der Waals surface area contributed by atoms with Gasteiger partial charge in [-0.3, -0.25) is 0 Å². The molecule has 31 heavy (non-hydrogen) atoms. The molecule has 2 aromatic heterocycles. The monoisotopic (exact) mass is 420 g/mol. The van der Waals surface area contributed by atoms with E-state index >= 15 is 0 Å². The van der Waals surface area contributed by atoms with E-state index in [1.165, 1.54) is 0 Å². The molecular formula is C23H28N6O2. The van der Waals surface area contributed by atoms with E-state index in [2.05, 4.69) is 30.2 Å². The Labute approximate surface area is 182 Å². The van der Waals surface area contributed by atoms with Crippen LogP contribution in [-0.2, 0) is 22.5 Å². The summed E-state index contributed by atoms with van der Waals surface area (Å²) in [6, 6.07) is 0. The van der Waals surface area contributed by atoms with Crippen LogP contribution in [0, 0.1) is 19.3 Å². The Morgan fingerprint density at radius 1 is 0.774 bits per heavy atom. The third-order valence-corrected chi connectivity index (χ3v) is 6.28. The average molecular weight is 421 g/mol. The first-order chi connectivity index (χ1) is 15.1. The summed E-state index contributed by atoms with van der Waals surface area (Å²) in [5, 5.41) is 8.89. The summed E-state index contributed by atoms with van der Waals surface area (Å²) in [6.07, 6.45) is 11.9. The second-order valence-electron chi connectivity index (χ2n) is 8.91. The van der Waals surface area contributed by atoms with Gasteiger partial charge >= 0.3 is 0 Å². The Balaban J connectivity index is 1.20. The first kappa shape index (κ1) is 20.0. The number of hydrogen-bond acceptors (Lipinski definition) is 8. The van der Waals surface area contributed by atoms with Crippen LogP contribution in [0.1, 0.15) is 72.7 Å². The van der Waals surface area contributed by atoms with E-state index in [0.717, 1.165) is 97.0 Å². The van der Waals surface area contributed by atoms with E-state index in [4.69, 9.17) is 9.68 Å². The van der Waals surface area contributed by atoms with E-state index in [1.54, 1.807) is 0 Å². The molecule has 1 fully saturated rings. The Bertz CT molecular complexity index is 965. The van der Waals surface area contributed by atoms with Crippen LogP contribution in [0.3, 0.4) is 0 Å². The molecule has 8 nitrogen and oxygen atoms in total. The fourth-order valence-electron chi connectivity index (χ4n) is 4.16. The Hall–Kier alpha value is -2.90. The van der Waals surface area contributed by atoms with Crippen LogP contribution >= 0.6 is 0 Å². The first-order valence-corrected chi connectivity index (χ1v) is 11.2. The van der Waals surface area contributed by atoms with Crippen LogP contribution in [-0.4, -0.2) is 44.6 Å². The van der Waals surface area contributed by atoms with Gasteiger partial charge in [-0.2, -0.15) is 0 Å². The topological polar surface area (TPSA) is 94.7 Å². The van der Waals surface area contributed by atoms with Crippen molar-refractivity contribution in [3.63, 3.8) is 0 Å². The standard InChI is InChI=1S/C23H28N6O2/c1-15-24-11-17-5-3-7-19(21(17)26-15)28-30-13-23(9-10-23)14-31-29-20-8-4-6-18-12-25-16(2)27-22(18)20/h11-12H,3-10,13-14H2,1-2H3/b28-19+,29-20+. The zero-order valence-corrected chi connectivity index (χ0v) is 18.2. The molecule has 3 aliphatic carbocycles. The van der Waals surface area contributed by atoms with Crippen LogP contribution in [0.2, 0.25) is 0 Å². The van der Waals surface area contributed by atoms with Crippen LogP contribution in [0.4, 0.5) is 0 Å². The number of oxime groups is 2. The molecule has 0 unspecified atom stereocenters. The zero-order valence-electron chi connectivity index (χ0n) is 18.2. The van der Waals surface area contributed by atoms with Crippen molar-refractivity contribution in [2.24, 2.45) is 15.7 Å². The third kappa shape index (κ3) is 4.43. The highest BCUT2D eigenvalue weighted by atomic mass is 16.6. The van der Waals surface area contributed by atoms with E-state index in [9.17, 15) is 0 Å². The average Bonchev–Trinajstić information content (AvgIpc) is 3.54. The van der Waals surface area contributed by atoms with Gasteiger partial charge in [0.25, 0.3) is 0 Å². The molecule has 162 valence electrons. The van der Waals surface area contributed by atoms with Gasteiger partial charge in [0.1, 0.15) is 36.3 Å². The normalized spacial score (nSPS) is 21.5. The van der Waals surface area contributed by atoms with Crippen molar-refractivity contribution in [2.75, 3.05) is 13.2 Å². The van der Waals surface area contributed by atoms with E-state index < -0.39 is 0 Å². The Kier molecular flexibility index (Phi) is 5.38. The van der Waals surface area contributed by atoms with Crippen molar-refractivity contribution in [1.82, 2.24) is 19.9 Å². The third-order valence-electron chi connectivity index (χ3n) is 6.28. The largest absolute Gasteiger partial charge is 0.395 e. The minimum Gasteiger partial charge on any atom is -0.395 e. The number of aryl methyl sites for hydroxylation is 4. The highest BCUT2D eigenvalue weighted by Gasteiger charge is 2.45. The van der Waals surface area contributed by atoms with Gasteiger partial charge in [0.2, 0.25) is 0 Å². The number of rotatable bonds is 6. The molecule has 3 aliphatic rings. The molecular weight excluding hydrogens is 392 g/mol. The SMILES string of the molecule is Cc1ncc2c(n1)/C(=N/OCC1(CO/N=C3\CCCc4cnc(C)nc43)CC1)CCC2. The summed E-state index contributed by atoms with van der Waals surface area (Å²) >= 11 is 0. The maximum absolute atomic E-state index is 5.79. The highest BCUT2D eigenvalue weighted by molar-refractivity contribution is 6.01. The second kappa shape index (κ2) is 8.32. The van der Waals surface area contributed by atoms with Gasteiger partial charge in [0.05, 0.1) is 11.4 Å². The molecule has 0 bridgehead atoms. The fraction of sp³-hybridized carbons (Fsp3) is 0.565. The van der Waals surface area contributed by atoms with Gasteiger partial charge in [0, 0.05) is 17.8 Å². The van der Waals surface area contributed by atoms with Crippen molar-refractivity contribution in [3.8, 4) is 0 Å². The van der Waals surface area contributed by atoms with Crippen molar-refractivity contribution < 1.29 is 9.68 Å². The van der Waals surface area contributed by atoms with Gasteiger partial charge in [-0.1, -0.05) is 10.3 Å². The van der Waals surface area contributed by atoms with E-state index in [-0.39, 0.29) is 5.41 Å². The Morgan fingerprint density at radius 3 is 1.71 bits per heavy atom. The van der Waals surface area contributed by atoms with Crippen molar-refractivity contribution in [1.29, 1.82) is 0 Å². The number of hydrogen-bond donors (Lipinski definition) is 0. The number of fused-ring (bicyclic) bond motifs is 2. The zero-order chi connectivity index (χ0) is 21.3. The predicted octanol–water partition coefficient (Wildman–Crippen LogP) is 3.48. The van der Waals surface area contributed by atoms with Gasteiger partial charge < -0.3 is 9.68 Å². The summed E-state index contributed by atoms with van der Waals surface area (Å²) in [5.41, 5.74) is 6.07. The molecule has 0 saturated heterocycles. The van der Waals surface area contributed by atoms with Gasteiger partial charge in [-0.15, -0.1) is 0 Å². The van der Waals surface area contributed by atoms with Crippen LogP contribution in [0.15, 0.2) is 22.7 Å². The molecule has 0 aliphatic heterocycles. The second-order valence-corrected chi connectivity index (χ2v) is 8.91. The molecule has 0 radical (unpaired) electrons. The molecule has 0 spiro atoms. The minimum absolute atomic E-state index is 0.00624. The summed E-state index contributed by atoms with van der Waals surface area (Å²) in [6.45, 7) is 4.89. The lowest BCUT2D eigenvalue weighted by Crippen LogP contribution is -2.20. The summed E-state index contributed by atoms with van der Waals surface area (Å²) in [7, 11) is 0.